The lowest BCUT2D eigenvalue weighted by Crippen LogP contribution is -2.36. The molecule has 0 unspecified atom stereocenters. The van der Waals surface area contributed by atoms with Crippen LogP contribution in [0.3, 0.4) is 0 Å². The van der Waals surface area contributed by atoms with Crippen LogP contribution in [0.1, 0.15) is 21.5 Å². The van der Waals surface area contributed by atoms with Gasteiger partial charge >= 0.3 is 6.61 Å². The van der Waals surface area contributed by atoms with E-state index in [1.165, 1.54) is 13.2 Å². The maximum atomic E-state index is 12.6. The summed E-state index contributed by atoms with van der Waals surface area (Å²) < 4.78 is 34.9. The molecule has 0 aromatic heterocycles. The molecular weight excluding hydrogens is 370 g/mol. The zero-order chi connectivity index (χ0) is 20.5. The highest BCUT2D eigenvalue weighted by atomic mass is 19.3. The van der Waals surface area contributed by atoms with Gasteiger partial charge in [0.15, 0.2) is 5.96 Å². The van der Waals surface area contributed by atoms with Gasteiger partial charge < -0.3 is 25.8 Å². The minimum atomic E-state index is -2.92. The largest absolute Gasteiger partial charge is 0.497 e. The molecule has 0 atom stereocenters. The molecule has 0 fully saturated rings. The average molecular weight is 392 g/mol. The zero-order valence-electron chi connectivity index (χ0n) is 15.5. The van der Waals surface area contributed by atoms with E-state index in [0.29, 0.717) is 29.4 Å². The summed E-state index contributed by atoms with van der Waals surface area (Å²) in [5.74, 6) is 0.554. The number of benzene rings is 2. The van der Waals surface area contributed by atoms with Gasteiger partial charge in [-0.05, 0) is 35.9 Å². The number of rotatable bonds is 8. The van der Waals surface area contributed by atoms with E-state index in [-0.39, 0.29) is 12.3 Å². The molecule has 0 spiro atoms. The first-order valence-electron chi connectivity index (χ1n) is 8.38. The Labute approximate surface area is 161 Å². The van der Waals surface area contributed by atoms with Gasteiger partial charge in [0.1, 0.15) is 11.5 Å². The third-order valence-electron chi connectivity index (χ3n) is 3.85. The molecule has 0 saturated heterocycles. The fourth-order valence-corrected chi connectivity index (χ4v) is 2.40. The summed E-state index contributed by atoms with van der Waals surface area (Å²) in [6.07, 6.45) is 0. The van der Waals surface area contributed by atoms with Crippen LogP contribution in [0, 0.1) is 0 Å². The van der Waals surface area contributed by atoms with Crippen molar-refractivity contribution in [2.75, 3.05) is 14.2 Å². The molecule has 28 heavy (non-hydrogen) atoms. The Hall–Kier alpha value is -3.36. The Bertz CT molecular complexity index is 826. The molecule has 1 amide bonds. The molecule has 9 heteroatoms. The summed E-state index contributed by atoms with van der Waals surface area (Å²) in [5.41, 5.74) is 7.05. The first-order chi connectivity index (χ1) is 13.4. The van der Waals surface area contributed by atoms with Crippen LogP contribution >= 0.6 is 0 Å². The van der Waals surface area contributed by atoms with Gasteiger partial charge in [-0.3, -0.25) is 9.79 Å². The lowest BCUT2D eigenvalue weighted by molar-refractivity contribution is -0.0505. The quantitative estimate of drug-likeness (QED) is 0.473. The second-order valence-corrected chi connectivity index (χ2v) is 5.69. The van der Waals surface area contributed by atoms with Gasteiger partial charge in [0.05, 0.1) is 7.11 Å². The molecule has 0 saturated carbocycles. The number of primary amides is 1. The number of carbonyl (C=O) groups excluding carboxylic acids is 1. The molecule has 0 aliphatic heterocycles. The molecule has 4 N–H and O–H groups in total. The number of hydrogen-bond donors (Lipinski definition) is 3. The maximum absolute atomic E-state index is 12.6. The maximum Gasteiger partial charge on any atom is 0.387 e. The third kappa shape index (κ3) is 6.11. The molecule has 2 aromatic rings. The number of guanidine groups is 1. The fourth-order valence-electron chi connectivity index (χ4n) is 2.40. The first-order valence-corrected chi connectivity index (χ1v) is 8.38. The Balaban J connectivity index is 1.98. The number of hydrogen-bond acceptors (Lipinski definition) is 4. The fraction of sp³-hybridized carbons (Fsp3) is 0.263. The second kappa shape index (κ2) is 10.1. The van der Waals surface area contributed by atoms with Crippen LogP contribution < -0.4 is 25.8 Å². The number of nitrogens with one attached hydrogen (secondary N) is 2. The SMILES string of the molecule is CN=C(NCc1ccc(C(N)=O)cc1)NCc1cc(OC)ccc1OC(F)F. The van der Waals surface area contributed by atoms with Crippen molar-refractivity contribution in [1.82, 2.24) is 10.6 Å². The monoisotopic (exact) mass is 392 g/mol. The highest BCUT2D eigenvalue weighted by Gasteiger charge is 2.11. The average Bonchev–Trinajstić information content (AvgIpc) is 2.69. The highest BCUT2D eigenvalue weighted by Crippen LogP contribution is 2.25. The lowest BCUT2D eigenvalue weighted by atomic mass is 10.1. The number of halogens is 2. The third-order valence-corrected chi connectivity index (χ3v) is 3.85. The number of aliphatic imine (C=N–C) groups is 1. The van der Waals surface area contributed by atoms with Crippen LogP contribution in [-0.2, 0) is 13.1 Å². The molecule has 7 nitrogen and oxygen atoms in total. The number of methoxy groups -OCH3 is 1. The topological polar surface area (TPSA) is 98.0 Å². The van der Waals surface area contributed by atoms with Gasteiger partial charge in [0.25, 0.3) is 0 Å². The predicted molar refractivity (Wildman–Crippen MR) is 102 cm³/mol. The van der Waals surface area contributed by atoms with Gasteiger partial charge in [0.2, 0.25) is 5.91 Å². The molecule has 0 heterocycles. The smallest absolute Gasteiger partial charge is 0.387 e. The van der Waals surface area contributed by atoms with Gasteiger partial charge in [0, 0.05) is 31.3 Å². The van der Waals surface area contributed by atoms with Crippen molar-refractivity contribution in [1.29, 1.82) is 0 Å². The number of nitrogens with two attached hydrogens (primary N) is 1. The minimum Gasteiger partial charge on any atom is -0.497 e. The Morgan fingerprint density at radius 1 is 1.14 bits per heavy atom. The van der Waals surface area contributed by atoms with Crippen molar-refractivity contribution in [3.63, 3.8) is 0 Å². The van der Waals surface area contributed by atoms with E-state index in [2.05, 4.69) is 20.4 Å². The highest BCUT2D eigenvalue weighted by molar-refractivity contribution is 5.92. The normalized spacial score (nSPS) is 11.2. The summed E-state index contributed by atoms with van der Waals surface area (Å²) in [5, 5.41) is 6.13. The molecule has 0 aliphatic carbocycles. The van der Waals surface area contributed by atoms with Gasteiger partial charge in [-0.25, -0.2) is 0 Å². The van der Waals surface area contributed by atoms with Crippen molar-refractivity contribution < 1.29 is 23.0 Å². The molecule has 0 bridgehead atoms. The Morgan fingerprint density at radius 3 is 2.39 bits per heavy atom. The second-order valence-electron chi connectivity index (χ2n) is 5.69. The minimum absolute atomic E-state index is 0.0563. The van der Waals surface area contributed by atoms with Gasteiger partial charge in [-0.2, -0.15) is 8.78 Å². The van der Waals surface area contributed by atoms with E-state index in [0.717, 1.165) is 5.56 Å². The summed E-state index contributed by atoms with van der Waals surface area (Å²) in [7, 11) is 3.08. The van der Waals surface area contributed by atoms with E-state index in [4.69, 9.17) is 10.5 Å². The molecule has 2 rings (SSSR count). The van der Waals surface area contributed by atoms with Gasteiger partial charge in [-0.15, -0.1) is 0 Å². The molecule has 0 aliphatic rings. The zero-order valence-corrected chi connectivity index (χ0v) is 15.5. The van der Waals surface area contributed by atoms with Crippen molar-refractivity contribution in [3.8, 4) is 11.5 Å². The molecular formula is C19H22F2N4O3. The number of ether oxygens (including phenoxy) is 2. The van der Waals surface area contributed by atoms with Crippen LogP contribution in [0.5, 0.6) is 11.5 Å². The van der Waals surface area contributed by atoms with E-state index in [9.17, 15) is 13.6 Å². The summed E-state index contributed by atoms with van der Waals surface area (Å²) in [4.78, 5) is 15.2. The summed E-state index contributed by atoms with van der Waals surface area (Å²) in [6, 6.07) is 11.4. The lowest BCUT2D eigenvalue weighted by Gasteiger charge is -2.15. The van der Waals surface area contributed by atoms with E-state index < -0.39 is 12.5 Å². The van der Waals surface area contributed by atoms with Crippen LogP contribution in [-0.4, -0.2) is 32.6 Å². The predicted octanol–water partition coefficient (Wildman–Crippen LogP) is 2.26. The molecule has 2 aromatic carbocycles. The standard InChI is InChI=1S/C19H22F2N4O3/c1-23-19(24-10-12-3-5-13(6-4-12)17(22)26)25-11-14-9-15(27-2)7-8-16(14)28-18(20)21/h3-9,18H,10-11H2,1-2H3,(H2,22,26)(H2,23,24,25). The van der Waals surface area contributed by atoms with Gasteiger partial charge in [-0.1, -0.05) is 12.1 Å². The molecule has 0 radical (unpaired) electrons. The Morgan fingerprint density at radius 2 is 1.82 bits per heavy atom. The Kier molecular flexibility index (Phi) is 7.55. The first kappa shape index (κ1) is 20.9. The van der Waals surface area contributed by atoms with Crippen LogP contribution in [0.4, 0.5) is 8.78 Å². The van der Waals surface area contributed by atoms with Crippen LogP contribution in [0.25, 0.3) is 0 Å². The van der Waals surface area contributed by atoms with E-state index >= 15 is 0 Å². The van der Waals surface area contributed by atoms with Crippen LogP contribution in [0.15, 0.2) is 47.5 Å². The number of carbonyl (C=O) groups is 1. The van der Waals surface area contributed by atoms with Crippen LogP contribution in [0.2, 0.25) is 0 Å². The van der Waals surface area contributed by atoms with Crippen molar-refractivity contribution >= 4 is 11.9 Å². The summed E-state index contributed by atoms with van der Waals surface area (Å²) >= 11 is 0. The van der Waals surface area contributed by atoms with E-state index in [1.807, 2.05) is 0 Å². The number of nitrogens with zero attached hydrogens (tertiary/aromatic N) is 1. The van der Waals surface area contributed by atoms with E-state index in [1.54, 1.807) is 43.4 Å². The van der Waals surface area contributed by atoms with Crippen molar-refractivity contribution in [3.05, 3.63) is 59.2 Å². The number of alkyl halides is 2. The summed E-state index contributed by atoms with van der Waals surface area (Å²) in [6.45, 7) is -2.29. The van der Waals surface area contributed by atoms with Crippen molar-refractivity contribution in [2.45, 2.75) is 19.7 Å². The number of amides is 1. The van der Waals surface area contributed by atoms with Crippen molar-refractivity contribution in [2.24, 2.45) is 10.7 Å². The molecule has 150 valence electrons.